The van der Waals surface area contributed by atoms with Crippen LogP contribution in [0.15, 0.2) is 47.2 Å². The molecule has 2 N–H and O–H groups in total. The summed E-state index contributed by atoms with van der Waals surface area (Å²) in [5.74, 6) is -1.90. The molecule has 9 nitrogen and oxygen atoms in total. The highest BCUT2D eigenvalue weighted by molar-refractivity contribution is 9.10. The van der Waals surface area contributed by atoms with Gasteiger partial charge in [-0.15, -0.1) is 0 Å². The molecule has 0 saturated carbocycles. The van der Waals surface area contributed by atoms with Gasteiger partial charge in [-0.1, -0.05) is 0 Å². The smallest absolute Gasteiger partial charge is 0.338 e. The van der Waals surface area contributed by atoms with Gasteiger partial charge in [-0.05, 0) is 53.2 Å². The van der Waals surface area contributed by atoms with Gasteiger partial charge < -0.3 is 4.74 Å². The molecule has 2 aromatic rings. The van der Waals surface area contributed by atoms with Crippen LogP contribution in [0.5, 0.6) is 0 Å². The van der Waals surface area contributed by atoms with Crippen molar-refractivity contribution in [2.75, 3.05) is 11.5 Å². The summed E-state index contributed by atoms with van der Waals surface area (Å²) in [5.41, 5.74) is 5.95. The lowest BCUT2D eigenvalue weighted by molar-refractivity contribution is -0.121. The van der Waals surface area contributed by atoms with E-state index in [0.29, 0.717) is 15.7 Å². The average molecular weight is 461 g/mol. The van der Waals surface area contributed by atoms with E-state index in [0.717, 1.165) is 4.90 Å². The van der Waals surface area contributed by atoms with Gasteiger partial charge in [-0.3, -0.25) is 24.8 Å². The summed E-state index contributed by atoms with van der Waals surface area (Å²) in [7, 11) is 0. The minimum absolute atomic E-state index is 0.116. The summed E-state index contributed by atoms with van der Waals surface area (Å²) in [4.78, 5) is 53.7. The Hall–Kier alpha value is -3.11. The second kappa shape index (κ2) is 8.93. The van der Waals surface area contributed by atoms with Crippen molar-refractivity contribution in [1.29, 1.82) is 0 Å². The number of hydrogen-bond acceptors (Lipinski definition) is 7. The molecule has 150 valence electrons. The van der Waals surface area contributed by atoms with Crippen LogP contribution in [0.3, 0.4) is 0 Å². The van der Waals surface area contributed by atoms with Crippen molar-refractivity contribution in [3.05, 3.63) is 58.3 Å². The van der Waals surface area contributed by atoms with Gasteiger partial charge in [0.2, 0.25) is 5.91 Å². The van der Waals surface area contributed by atoms with E-state index in [-0.39, 0.29) is 18.6 Å². The number of ether oxygens (including phenoxy) is 1. The Morgan fingerprint density at radius 3 is 2.59 bits per heavy atom. The summed E-state index contributed by atoms with van der Waals surface area (Å²) in [5, 5.41) is 0. The van der Waals surface area contributed by atoms with Crippen LogP contribution in [0.2, 0.25) is 0 Å². The fourth-order valence-electron chi connectivity index (χ4n) is 2.74. The first-order valence-electron chi connectivity index (χ1n) is 8.71. The van der Waals surface area contributed by atoms with E-state index in [1.807, 2.05) is 0 Å². The van der Waals surface area contributed by atoms with Crippen molar-refractivity contribution in [1.82, 2.24) is 15.8 Å². The van der Waals surface area contributed by atoms with Gasteiger partial charge in [0.05, 0.1) is 29.8 Å². The number of carbonyl (C=O) groups is 4. The molecule has 1 aromatic carbocycles. The van der Waals surface area contributed by atoms with Gasteiger partial charge in [-0.2, -0.15) is 0 Å². The van der Waals surface area contributed by atoms with Gasteiger partial charge in [0.25, 0.3) is 11.8 Å². The molecular weight excluding hydrogens is 444 g/mol. The van der Waals surface area contributed by atoms with Crippen LogP contribution in [-0.4, -0.2) is 41.3 Å². The van der Waals surface area contributed by atoms with Crippen LogP contribution in [0.1, 0.15) is 34.1 Å². The predicted molar refractivity (Wildman–Crippen MR) is 106 cm³/mol. The van der Waals surface area contributed by atoms with Crippen molar-refractivity contribution < 1.29 is 23.9 Å². The molecule has 1 aliphatic heterocycles. The molecule has 3 rings (SSSR count). The predicted octanol–water partition coefficient (Wildman–Crippen LogP) is 1.59. The van der Waals surface area contributed by atoms with Gasteiger partial charge in [0.1, 0.15) is 6.04 Å². The number of hydrazine groups is 1. The van der Waals surface area contributed by atoms with Crippen LogP contribution in [0.4, 0.5) is 5.69 Å². The Morgan fingerprint density at radius 2 is 1.93 bits per heavy atom. The molecule has 1 unspecified atom stereocenters. The fraction of sp³-hybridized carbons (Fsp3) is 0.211. The summed E-state index contributed by atoms with van der Waals surface area (Å²) >= 11 is 3.22. The number of halogens is 1. The Morgan fingerprint density at radius 1 is 1.21 bits per heavy atom. The van der Waals surface area contributed by atoms with Gasteiger partial charge in [0.15, 0.2) is 0 Å². The number of esters is 1. The Balaban J connectivity index is 1.65. The Bertz CT molecular complexity index is 963. The van der Waals surface area contributed by atoms with Crippen molar-refractivity contribution in [3.63, 3.8) is 0 Å². The number of anilines is 1. The standard InChI is InChI=1S/C19H17BrN4O5/c1-2-29-19(28)11-3-5-14(6-4-11)24-16(25)8-15(18(24)27)22-23-17(26)12-7-13(20)10-21-9-12/h3-7,9-10,15,22H,2,8H2,1H3,(H,23,26). The number of pyridine rings is 1. The van der Waals surface area contributed by atoms with Crippen molar-refractivity contribution in [2.45, 2.75) is 19.4 Å². The number of amides is 3. The number of nitrogens with one attached hydrogen (secondary N) is 2. The van der Waals surface area contributed by atoms with Crippen molar-refractivity contribution >= 4 is 45.3 Å². The van der Waals surface area contributed by atoms with E-state index in [1.165, 1.54) is 36.7 Å². The third-order valence-corrected chi connectivity index (χ3v) is 4.54. The zero-order valence-corrected chi connectivity index (χ0v) is 16.9. The third-order valence-electron chi connectivity index (χ3n) is 4.11. The highest BCUT2D eigenvalue weighted by Gasteiger charge is 2.39. The summed E-state index contributed by atoms with van der Waals surface area (Å²) in [6.45, 7) is 1.95. The third kappa shape index (κ3) is 4.66. The van der Waals surface area contributed by atoms with Crippen molar-refractivity contribution in [2.24, 2.45) is 0 Å². The molecule has 1 aromatic heterocycles. The summed E-state index contributed by atoms with van der Waals surface area (Å²) in [6.07, 6.45) is 2.80. The van der Waals surface area contributed by atoms with Crippen LogP contribution in [-0.2, 0) is 14.3 Å². The lowest BCUT2D eigenvalue weighted by Crippen LogP contribution is -2.48. The zero-order valence-electron chi connectivity index (χ0n) is 15.3. The quantitative estimate of drug-likeness (QED) is 0.381. The maximum Gasteiger partial charge on any atom is 0.338 e. The Labute approximate surface area is 174 Å². The first-order valence-corrected chi connectivity index (χ1v) is 9.50. The molecule has 1 fully saturated rings. The molecular formula is C19H17BrN4O5. The molecule has 1 saturated heterocycles. The van der Waals surface area contributed by atoms with E-state index in [2.05, 4.69) is 31.8 Å². The topological polar surface area (TPSA) is 118 Å². The SMILES string of the molecule is CCOC(=O)c1ccc(N2C(=O)CC(NNC(=O)c3cncc(Br)c3)C2=O)cc1. The van der Waals surface area contributed by atoms with E-state index in [1.54, 1.807) is 13.0 Å². The number of rotatable bonds is 6. The fourth-order valence-corrected chi connectivity index (χ4v) is 3.10. The Kier molecular flexibility index (Phi) is 6.35. The van der Waals surface area contributed by atoms with Gasteiger partial charge >= 0.3 is 5.97 Å². The minimum atomic E-state index is -0.906. The lowest BCUT2D eigenvalue weighted by atomic mass is 10.2. The number of hydrogen-bond donors (Lipinski definition) is 2. The van der Waals surface area contributed by atoms with Crippen LogP contribution >= 0.6 is 15.9 Å². The van der Waals surface area contributed by atoms with E-state index in [9.17, 15) is 19.2 Å². The maximum absolute atomic E-state index is 12.6. The second-order valence-electron chi connectivity index (χ2n) is 6.08. The zero-order chi connectivity index (χ0) is 21.0. The molecule has 0 spiro atoms. The molecule has 3 amide bonds. The molecule has 29 heavy (non-hydrogen) atoms. The first kappa shape index (κ1) is 20.6. The normalized spacial score (nSPS) is 16.1. The highest BCUT2D eigenvalue weighted by atomic mass is 79.9. The summed E-state index contributed by atoms with van der Waals surface area (Å²) in [6, 6.07) is 6.62. The largest absolute Gasteiger partial charge is 0.462 e. The van der Waals surface area contributed by atoms with Crippen LogP contribution in [0.25, 0.3) is 0 Å². The van der Waals surface area contributed by atoms with Crippen LogP contribution in [0, 0.1) is 0 Å². The molecule has 2 heterocycles. The first-order chi connectivity index (χ1) is 13.9. The average Bonchev–Trinajstić information content (AvgIpc) is 2.99. The maximum atomic E-state index is 12.6. The van der Waals surface area contributed by atoms with Crippen molar-refractivity contribution in [3.8, 4) is 0 Å². The number of nitrogens with zero attached hydrogens (tertiary/aromatic N) is 2. The number of aromatic nitrogens is 1. The second-order valence-corrected chi connectivity index (χ2v) is 7.00. The van der Waals surface area contributed by atoms with Gasteiger partial charge in [0, 0.05) is 16.9 Å². The minimum Gasteiger partial charge on any atom is -0.462 e. The number of carbonyl (C=O) groups excluding carboxylic acids is 4. The van der Waals surface area contributed by atoms with Crippen LogP contribution < -0.4 is 15.8 Å². The van der Waals surface area contributed by atoms with E-state index < -0.39 is 29.7 Å². The highest BCUT2D eigenvalue weighted by Crippen LogP contribution is 2.23. The molecule has 0 radical (unpaired) electrons. The molecule has 10 heteroatoms. The van der Waals surface area contributed by atoms with E-state index >= 15 is 0 Å². The lowest BCUT2D eigenvalue weighted by Gasteiger charge is -2.16. The molecule has 1 atom stereocenters. The summed E-state index contributed by atoms with van der Waals surface area (Å²) < 4.78 is 5.54. The number of benzene rings is 1. The van der Waals surface area contributed by atoms with E-state index in [4.69, 9.17) is 4.74 Å². The monoisotopic (exact) mass is 460 g/mol. The molecule has 1 aliphatic rings. The van der Waals surface area contributed by atoms with Gasteiger partial charge in [-0.25, -0.2) is 15.1 Å². The number of imide groups is 1. The molecule has 0 aliphatic carbocycles. The molecule has 0 bridgehead atoms.